The fourth-order valence-corrected chi connectivity index (χ4v) is 2.23. The summed E-state index contributed by atoms with van der Waals surface area (Å²) in [6, 6.07) is 3.19. The molecular weight excluding hydrogens is 429 g/mol. The van der Waals surface area contributed by atoms with Crippen LogP contribution in [0.2, 0.25) is 0 Å². The molecule has 27 heavy (non-hydrogen) atoms. The minimum Gasteiger partial charge on any atom is -0.615 e. The van der Waals surface area contributed by atoms with Crippen molar-refractivity contribution in [1.82, 2.24) is 10.1 Å². The minimum absolute atomic E-state index is 0. The van der Waals surface area contributed by atoms with E-state index < -0.39 is 17.5 Å². The maximum absolute atomic E-state index is 12.2. The zero-order valence-electron chi connectivity index (χ0n) is 15.3. The second-order valence-corrected chi connectivity index (χ2v) is 5.69. The summed E-state index contributed by atoms with van der Waals surface area (Å²) in [5, 5.41) is 12.1. The van der Waals surface area contributed by atoms with Crippen LogP contribution >= 0.6 is 0 Å². The van der Waals surface area contributed by atoms with Crippen molar-refractivity contribution in [3.8, 4) is 5.75 Å². The molecule has 1 saturated carbocycles. The number of amides is 1. The number of hydrogen-bond acceptors (Lipinski definition) is 6. The van der Waals surface area contributed by atoms with Gasteiger partial charge in [0, 0.05) is 52.2 Å². The largest absolute Gasteiger partial charge is 0.615 e. The number of carbonyl (C=O) groups excluding carboxylic acids is 2. The molecule has 1 aromatic carbocycles. The van der Waals surface area contributed by atoms with Gasteiger partial charge in [-0.15, -0.1) is 0 Å². The van der Waals surface area contributed by atoms with E-state index in [2.05, 4.69) is 11.2 Å². The van der Waals surface area contributed by atoms with Gasteiger partial charge in [0.2, 0.25) is 5.91 Å². The van der Waals surface area contributed by atoms with E-state index in [1.165, 1.54) is 50.9 Å². The number of fused-ring (bicyclic) bond motifs is 1. The molecule has 5 N–H and O–H groups in total. The standard InChI is InChI=1S/C13H14N2O5.C4H8.H3N2.Y/c1-14-12(18)10(3-2-6-16)15-13(19)9-5-4-8(17)7-11(9)20-15;1-2-4-3-1;1-2;/h4-7,10,17H,2-3H2,1H3,(H,14,18);1-4H2;1H,2H2;/q;;-1;. The van der Waals surface area contributed by atoms with Crippen LogP contribution < -0.4 is 16.7 Å². The van der Waals surface area contributed by atoms with E-state index in [4.69, 9.17) is 10.4 Å². The number of nitrogens with one attached hydrogen (secondary N) is 2. The van der Waals surface area contributed by atoms with E-state index in [0.717, 1.165) is 4.74 Å². The molecule has 1 aliphatic rings. The number of phenols is 1. The fourth-order valence-electron chi connectivity index (χ4n) is 2.23. The summed E-state index contributed by atoms with van der Waals surface area (Å²) in [5.41, 5.74) is -0.283. The molecule has 0 saturated heterocycles. The summed E-state index contributed by atoms with van der Waals surface area (Å²) in [6.45, 7) is 0. The first-order chi connectivity index (χ1) is 12.6. The van der Waals surface area contributed by atoms with Crippen LogP contribution in [0.25, 0.3) is 16.8 Å². The van der Waals surface area contributed by atoms with E-state index in [9.17, 15) is 19.5 Å². The van der Waals surface area contributed by atoms with Crippen LogP contribution in [0.4, 0.5) is 0 Å². The van der Waals surface area contributed by atoms with Gasteiger partial charge < -0.3 is 31.4 Å². The molecule has 0 bridgehead atoms. The third-order valence-electron chi connectivity index (χ3n) is 3.98. The second kappa shape index (κ2) is 13.6. The Labute approximate surface area is 182 Å². The van der Waals surface area contributed by atoms with Crippen molar-refractivity contribution in [1.29, 1.82) is 0 Å². The quantitative estimate of drug-likeness (QED) is 0.357. The maximum Gasteiger partial charge on any atom is 0.291 e. The molecule has 10 heteroatoms. The van der Waals surface area contributed by atoms with Gasteiger partial charge in [-0.25, -0.2) is 0 Å². The average Bonchev–Trinajstić information content (AvgIpc) is 2.91. The van der Waals surface area contributed by atoms with Crippen LogP contribution in [-0.2, 0) is 42.3 Å². The van der Waals surface area contributed by atoms with Gasteiger partial charge in [0.25, 0.3) is 5.56 Å². The molecular formula is C17H25N4O5Y-. The van der Waals surface area contributed by atoms with E-state index in [0.29, 0.717) is 6.29 Å². The van der Waals surface area contributed by atoms with Crippen LogP contribution in [0.3, 0.4) is 0 Å². The molecule has 1 aliphatic carbocycles. The Kier molecular flexibility index (Phi) is 12.8. The van der Waals surface area contributed by atoms with Crippen molar-refractivity contribution < 1.29 is 51.9 Å². The minimum atomic E-state index is -0.896. The average molecular weight is 454 g/mol. The second-order valence-electron chi connectivity index (χ2n) is 5.69. The van der Waals surface area contributed by atoms with Gasteiger partial charge in [-0.3, -0.25) is 9.59 Å². The number of benzene rings is 1. The van der Waals surface area contributed by atoms with Crippen LogP contribution in [0.1, 0.15) is 44.6 Å². The number of nitrogens with two attached hydrogens (primary N) is 1. The van der Waals surface area contributed by atoms with Gasteiger partial charge in [0.1, 0.15) is 18.1 Å². The number of phenolic OH excluding ortho intramolecular Hbond substituents is 1. The number of aromatic nitrogens is 1. The zero-order chi connectivity index (χ0) is 19.5. The molecule has 9 nitrogen and oxygen atoms in total. The normalized spacial score (nSPS) is 12.9. The fraction of sp³-hybridized carbons (Fsp3) is 0.471. The Balaban J connectivity index is 0.000000836. The SMILES string of the molecule is C1CCC1.CNC(=O)C(CCC=O)n1oc2cc(O)ccc2c1=O.[NH-]N.[Y]. The molecule has 1 fully saturated rings. The van der Waals surface area contributed by atoms with Gasteiger partial charge in [-0.05, 0) is 18.6 Å². The Morgan fingerprint density at radius 2 is 1.96 bits per heavy atom. The van der Waals surface area contributed by atoms with Crippen molar-refractivity contribution in [3.05, 3.63) is 34.4 Å². The van der Waals surface area contributed by atoms with Gasteiger partial charge >= 0.3 is 0 Å². The Morgan fingerprint density at radius 1 is 1.37 bits per heavy atom. The molecule has 1 radical (unpaired) electrons. The molecule has 1 aromatic heterocycles. The summed E-state index contributed by atoms with van der Waals surface area (Å²) in [7, 11) is 1.44. The Bertz CT molecular complexity index is 766. The predicted molar refractivity (Wildman–Crippen MR) is 97.5 cm³/mol. The van der Waals surface area contributed by atoms with E-state index >= 15 is 0 Å². The first kappa shape index (κ1) is 25.5. The number of aromatic hydroxyl groups is 1. The van der Waals surface area contributed by atoms with Crippen molar-refractivity contribution in [2.75, 3.05) is 7.05 Å². The summed E-state index contributed by atoms with van der Waals surface area (Å²) >= 11 is 0. The van der Waals surface area contributed by atoms with Gasteiger partial charge in [0.15, 0.2) is 5.58 Å². The number of carbonyl (C=O) groups is 2. The molecule has 1 unspecified atom stereocenters. The summed E-state index contributed by atoms with van der Waals surface area (Å²) in [6.07, 6.45) is 6.97. The number of aldehydes is 1. The van der Waals surface area contributed by atoms with E-state index in [1.807, 2.05) is 0 Å². The summed E-state index contributed by atoms with van der Waals surface area (Å²) in [5.74, 6) is 8.54. The molecule has 147 valence electrons. The number of rotatable bonds is 5. The Hall–Kier alpha value is -1.55. The van der Waals surface area contributed by atoms with Gasteiger partial charge in [-0.1, -0.05) is 25.7 Å². The molecule has 1 amide bonds. The third kappa shape index (κ3) is 7.17. The van der Waals surface area contributed by atoms with Gasteiger partial charge in [0.05, 0.1) is 5.39 Å². The predicted octanol–water partition coefficient (Wildman–Crippen LogP) is 2.04. The monoisotopic (exact) mass is 454 g/mol. The van der Waals surface area contributed by atoms with Gasteiger partial charge in [-0.2, -0.15) is 4.74 Å². The van der Waals surface area contributed by atoms with Crippen molar-refractivity contribution in [2.24, 2.45) is 5.84 Å². The Morgan fingerprint density at radius 3 is 2.44 bits per heavy atom. The van der Waals surface area contributed by atoms with Crippen LogP contribution in [0.15, 0.2) is 27.5 Å². The maximum atomic E-state index is 12.2. The van der Waals surface area contributed by atoms with E-state index in [1.54, 1.807) is 0 Å². The summed E-state index contributed by atoms with van der Waals surface area (Å²) < 4.78 is 6.27. The van der Waals surface area contributed by atoms with Crippen LogP contribution in [0, 0.1) is 0 Å². The topological polar surface area (TPSA) is 151 Å². The number of nitrogens with zero attached hydrogens (tertiary/aromatic N) is 1. The molecule has 1 heterocycles. The molecule has 0 aliphatic heterocycles. The van der Waals surface area contributed by atoms with Crippen LogP contribution in [-0.4, -0.2) is 29.1 Å². The number of hydrogen-bond donors (Lipinski definition) is 3. The number of likely N-dealkylation sites (N-methyl/N-ethyl adjacent to an activating group) is 1. The zero-order valence-corrected chi connectivity index (χ0v) is 18.1. The molecule has 1 atom stereocenters. The van der Waals surface area contributed by atoms with Crippen LogP contribution in [0.5, 0.6) is 5.75 Å². The first-order valence-corrected chi connectivity index (χ1v) is 8.37. The van der Waals surface area contributed by atoms with E-state index in [-0.39, 0.29) is 62.3 Å². The van der Waals surface area contributed by atoms with Crippen molar-refractivity contribution in [2.45, 2.75) is 44.6 Å². The summed E-state index contributed by atoms with van der Waals surface area (Å²) in [4.78, 5) is 34.5. The third-order valence-corrected chi connectivity index (χ3v) is 3.98. The smallest absolute Gasteiger partial charge is 0.291 e. The van der Waals surface area contributed by atoms with Crippen molar-refractivity contribution >= 4 is 23.2 Å². The molecule has 0 spiro atoms. The molecule has 3 rings (SSSR count). The molecule has 2 aromatic rings. The van der Waals surface area contributed by atoms with Crippen molar-refractivity contribution in [3.63, 3.8) is 0 Å². The first-order valence-electron chi connectivity index (χ1n) is 8.37.